The maximum Gasteiger partial charge on any atom is 0.316 e. The molecule has 8 nitrogen and oxygen atoms in total. The molecular formula is C27H41FN6O2. The van der Waals surface area contributed by atoms with E-state index in [0.717, 1.165) is 51.7 Å². The molecule has 3 aliphatic rings. The maximum atomic E-state index is 13.3. The molecule has 4 rings (SSSR count). The van der Waals surface area contributed by atoms with Crippen LogP contribution in [0.5, 0.6) is 0 Å². The van der Waals surface area contributed by atoms with E-state index in [2.05, 4.69) is 21.0 Å². The van der Waals surface area contributed by atoms with E-state index in [1.165, 1.54) is 12.0 Å². The molecule has 1 aromatic carbocycles. The van der Waals surface area contributed by atoms with Gasteiger partial charge in [0, 0.05) is 52.4 Å². The van der Waals surface area contributed by atoms with Gasteiger partial charge in [0.25, 0.3) is 0 Å². The van der Waals surface area contributed by atoms with E-state index in [-0.39, 0.29) is 41.9 Å². The second-order valence-electron chi connectivity index (χ2n) is 10.7. The Morgan fingerprint density at radius 2 is 1.94 bits per heavy atom. The molecule has 2 unspecified atom stereocenters. The molecule has 2 heterocycles. The number of carbonyl (C=O) groups excluding carboxylic acids is 2. The zero-order chi connectivity index (χ0) is 25.7. The highest BCUT2D eigenvalue weighted by Crippen LogP contribution is 2.30. The number of nitrogens with one attached hydrogen (secondary N) is 3. The van der Waals surface area contributed by atoms with Gasteiger partial charge in [0.05, 0.1) is 0 Å². The van der Waals surface area contributed by atoms with E-state index >= 15 is 0 Å². The number of likely N-dealkylation sites (tertiary alicyclic amines) is 1. The summed E-state index contributed by atoms with van der Waals surface area (Å²) in [5.74, 6) is 0.690. The smallest absolute Gasteiger partial charge is 0.316 e. The standard InChI is InChI=1S/C27H41FN6O2/c1-19(35)33(3)24-10-11-25(29-27(36)30-26-12-14-32(2)31-26)22(16-24)18-34-13-4-5-21(17-34)15-20-6-8-23(28)9-7-20/h6-9,12,14,21-22,24-26,31H,4-5,10-11,13,15-18H2,1-3H3,(H2,29,30,36)/t21-,22-,24+,25?,26?/m0/s1. The van der Waals surface area contributed by atoms with Gasteiger partial charge in [-0.2, -0.15) is 0 Å². The first-order valence-electron chi connectivity index (χ1n) is 13.2. The number of rotatable bonds is 7. The fraction of sp³-hybridized carbons (Fsp3) is 0.630. The first-order chi connectivity index (χ1) is 17.3. The normalized spacial score (nSPS) is 28.7. The Kier molecular flexibility index (Phi) is 8.85. The molecule has 1 aromatic rings. The summed E-state index contributed by atoms with van der Waals surface area (Å²) in [4.78, 5) is 29.2. The zero-order valence-electron chi connectivity index (χ0n) is 21.8. The van der Waals surface area contributed by atoms with Crippen LogP contribution in [-0.4, -0.2) is 78.7 Å². The van der Waals surface area contributed by atoms with Gasteiger partial charge in [-0.05, 0) is 80.7 Å². The molecule has 5 atom stereocenters. The average Bonchev–Trinajstić information content (AvgIpc) is 3.25. The van der Waals surface area contributed by atoms with Gasteiger partial charge < -0.3 is 25.4 Å². The highest BCUT2D eigenvalue weighted by atomic mass is 19.1. The average molecular weight is 501 g/mol. The molecule has 1 saturated carbocycles. The third-order valence-electron chi connectivity index (χ3n) is 7.98. The van der Waals surface area contributed by atoms with Crippen molar-refractivity contribution in [3.8, 4) is 0 Å². The van der Waals surface area contributed by atoms with Gasteiger partial charge in [-0.15, -0.1) is 0 Å². The number of carbonyl (C=O) groups is 2. The minimum Gasteiger partial charge on any atom is -0.343 e. The molecular weight excluding hydrogens is 459 g/mol. The van der Waals surface area contributed by atoms with E-state index in [4.69, 9.17) is 0 Å². The number of nitrogens with zero attached hydrogens (tertiary/aromatic N) is 3. The van der Waals surface area contributed by atoms with Crippen molar-refractivity contribution in [1.29, 1.82) is 0 Å². The number of piperidine rings is 1. The Hall–Kier alpha value is -2.65. The number of benzene rings is 1. The molecule has 1 aliphatic carbocycles. The SMILES string of the molecule is CC(=O)N(C)[C@@H]1CCC(NC(=O)NC2C=CN(C)N2)[C@H](CN2CCC[C@@H](Cc3ccc(F)cc3)C2)C1. The molecule has 0 bridgehead atoms. The van der Waals surface area contributed by atoms with Crippen LogP contribution in [0.25, 0.3) is 0 Å². The summed E-state index contributed by atoms with van der Waals surface area (Å²) in [7, 11) is 3.78. The van der Waals surface area contributed by atoms with Crippen LogP contribution in [0.4, 0.5) is 9.18 Å². The lowest BCUT2D eigenvalue weighted by Crippen LogP contribution is -2.56. The van der Waals surface area contributed by atoms with Crippen molar-refractivity contribution in [2.75, 3.05) is 33.7 Å². The van der Waals surface area contributed by atoms with Crippen molar-refractivity contribution >= 4 is 11.9 Å². The maximum absolute atomic E-state index is 13.3. The monoisotopic (exact) mass is 500 g/mol. The third kappa shape index (κ3) is 7.20. The van der Waals surface area contributed by atoms with Crippen molar-refractivity contribution in [1.82, 2.24) is 30.9 Å². The minimum atomic E-state index is -0.219. The molecule has 0 radical (unpaired) electrons. The van der Waals surface area contributed by atoms with Crippen molar-refractivity contribution in [3.63, 3.8) is 0 Å². The van der Waals surface area contributed by atoms with Gasteiger partial charge >= 0.3 is 6.03 Å². The van der Waals surface area contributed by atoms with Crippen LogP contribution in [0.2, 0.25) is 0 Å². The molecule has 0 spiro atoms. The molecule has 2 aliphatic heterocycles. The number of halogens is 1. The second kappa shape index (κ2) is 12.1. The molecule has 36 heavy (non-hydrogen) atoms. The Bertz CT molecular complexity index is 925. The molecule has 3 N–H and O–H groups in total. The molecule has 198 valence electrons. The van der Waals surface area contributed by atoms with Crippen LogP contribution < -0.4 is 16.1 Å². The fourth-order valence-corrected chi connectivity index (χ4v) is 5.96. The van der Waals surface area contributed by atoms with Crippen LogP contribution in [0.1, 0.15) is 44.6 Å². The number of amides is 3. The molecule has 3 amide bonds. The van der Waals surface area contributed by atoms with Crippen molar-refractivity contribution in [3.05, 3.63) is 47.9 Å². The summed E-state index contributed by atoms with van der Waals surface area (Å²) < 4.78 is 13.3. The van der Waals surface area contributed by atoms with Gasteiger partial charge in [-0.25, -0.2) is 14.6 Å². The Morgan fingerprint density at radius 1 is 1.17 bits per heavy atom. The summed E-state index contributed by atoms with van der Waals surface area (Å²) in [6.07, 6.45) is 9.46. The van der Waals surface area contributed by atoms with Gasteiger partial charge in [0.2, 0.25) is 5.91 Å². The van der Waals surface area contributed by atoms with Gasteiger partial charge in [0.1, 0.15) is 12.0 Å². The summed E-state index contributed by atoms with van der Waals surface area (Å²) in [5.41, 5.74) is 4.32. The zero-order valence-corrected chi connectivity index (χ0v) is 21.8. The topological polar surface area (TPSA) is 80.0 Å². The Labute approximate surface area is 214 Å². The Balaban J connectivity index is 1.37. The summed E-state index contributed by atoms with van der Waals surface area (Å²) in [5, 5.41) is 8.03. The molecule has 0 aromatic heterocycles. The van der Waals surface area contributed by atoms with Gasteiger partial charge in [-0.1, -0.05) is 12.1 Å². The van der Waals surface area contributed by atoms with E-state index < -0.39 is 0 Å². The lowest BCUT2D eigenvalue weighted by atomic mass is 9.80. The van der Waals surface area contributed by atoms with Crippen molar-refractivity contribution in [2.45, 2.75) is 63.7 Å². The van der Waals surface area contributed by atoms with Crippen LogP contribution in [0.3, 0.4) is 0 Å². The highest BCUT2D eigenvalue weighted by Gasteiger charge is 2.36. The first kappa shape index (κ1) is 26.4. The Morgan fingerprint density at radius 3 is 2.64 bits per heavy atom. The number of hydrogen-bond acceptors (Lipinski definition) is 5. The predicted octanol–water partition coefficient (Wildman–Crippen LogP) is 2.68. The van der Waals surface area contributed by atoms with Crippen molar-refractivity contribution < 1.29 is 14.0 Å². The van der Waals surface area contributed by atoms with E-state index in [9.17, 15) is 14.0 Å². The minimum absolute atomic E-state index is 0.0576. The van der Waals surface area contributed by atoms with E-state index in [0.29, 0.717) is 5.92 Å². The van der Waals surface area contributed by atoms with E-state index in [1.807, 2.05) is 48.4 Å². The summed E-state index contributed by atoms with van der Waals surface area (Å²) in [6.45, 7) is 4.57. The summed E-state index contributed by atoms with van der Waals surface area (Å²) in [6, 6.07) is 6.95. The van der Waals surface area contributed by atoms with Crippen LogP contribution in [-0.2, 0) is 11.2 Å². The van der Waals surface area contributed by atoms with E-state index in [1.54, 1.807) is 19.1 Å². The number of hydrazine groups is 1. The van der Waals surface area contributed by atoms with Gasteiger partial charge in [-0.3, -0.25) is 4.79 Å². The molecule has 2 fully saturated rings. The van der Waals surface area contributed by atoms with Gasteiger partial charge in [0.15, 0.2) is 0 Å². The molecule has 9 heteroatoms. The quantitative estimate of drug-likeness (QED) is 0.537. The molecule has 1 saturated heterocycles. The summed E-state index contributed by atoms with van der Waals surface area (Å²) >= 11 is 0. The third-order valence-corrected chi connectivity index (χ3v) is 7.98. The van der Waals surface area contributed by atoms with Crippen LogP contribution >= 0.6 is 0 Å². The number of hydrogen-bond donors (Lipinski definition) is 3. The first-order valence-corrected chi connectivity index (χ1v) is 13.2. The van der Waals surface area contributed by atoms with Crippen LogP contribution in [0, 0.1) is 17.7 Å². The number of urea groups is 1. The fourth-order valence-electron chi connectivity index (χ4n) is 5.96. The lowest BCUT2D eigenvalue weighted by molar-refractivity contribution is -0.130. The lowest BCUT2D eigenvalue weighted by Gasteiger charge is -2.43. The largest absolute Gasteiger partial charge is 0.343 e. The second-order valence-corrected chi connectivity index (χ2v) is 10.7. The van der Waals surface area contributed by atoms with Crippen LogP contribution in [0.15, 0.2) is 36.5 Å². The highest BCUT2D eigenvalue weighted by molar-refractivity contribution is 5.75. The predicted molar refractivity (Wildman–Crippen MR) is 138 cm³/mol. The van der Waals surface area contributed by atoms with Crippen molar-refractivity contribution in [2.24, 2.45) is 11.8 Å².